The summed E-state index contributed by atoms with van der Waals surface area (Å²) >= 11 is 0. The van der Waals surface area contributed by atoms with Crippen molar-refractivity contribution in [2.45, 2.75) is 6.10 Å². The third-order valence-corrected chi connectivity index (χ3v) is 3.09. The van der Waals surface area contributed by atoms with E-state index in [2.05, 4.69) is 9.97 Å². The summed E-state index contributed by atoms with van der Waals surface area (Å²) in [6.45, 7) is -0.658. The van der Waals surface area contributed by atoms with Gasteiger partial charge in [-0.15, -0.1) is 0 Å². The Hall–Kier alpha value is -1.10. The molecule has 0 amide bonds. The fourth-order valence-corrected chi connectivity index (χ4v) is 1.97. The van der Waals surface area contributed by atoms with Gasteiger partial charge in [-0.2, -0.15) is 4.98 Å². The van der Waals surface area contributed by atoms with Crippen LogP contribution in [0.2, 0.25) is 0 Å². The molecule has 0 saturated heterocycles. The molecule has 1 aromatic rings. The highest BCUT2D eigenvalue weighted by molar-refractivity contribution is 7.51. The maximum atomic E-state index is 10.7. The molecule has 0 aromatic carbocycles. The number of hydrogen-bond acceptors (Lipinski definition) is 8. The fourth-order valence-electron chi connectivity index (χ4n) is 1.28. The topological polar surface area (TPSA) is 195 Å². The van der Waals surface area contributed by atoms with E-state index in [1.807, 2.05) is 0 Å². The van der Waals surface area contributed by atoms with Crippen LogP contribution in [0.15, 0.2) is 12.3 Å². The smallest absolute Gasteiger partial charge is 0.350 e. The Balaban J connectivity index is 2.59. The Morgan fingerprint density at radius 2 is 1.61 bits per heavy atom. The van der Waals surface area contributed by atoms with Crippen LogP contribution in [-0.4, -0.2) is 61.6 Å². The van der Waals surface area contributed by atoms with Gasteiger partial charge in [-0.3, -0.25) is 9.13 Å². The van der Waals surface area contributed by atoms with Crippen LogP contribution >= 0.6 is 15.2 Å². The quantitative estimate of drug-likeness (QED) is 0.318. The maximum Gasteiger partial charge on any atom is 0.350 e. The van der Waals surface area contributed by atoms with Crippen LogP contribution in [0, 0.1) is 0 Å². The molecule has 23 heavy (non-hydrogen) atoms. The van der Waals surface area contributed by atoms with E-state index in [1.54, 1.807) is 0 Å². The van der Waals surface area contributed by atoms with Crippen molar-refractivity contribution in [3.05, 3.63) is 12.3 Å². The van der Waals surface area contributed by atoms with Crippen molar-refractivity contribution in [1.29, 1.82) is 0 Å². The summed E-state index contributed by atoms with van der Waals surface area (Å²) in [5, 5.41) is 0. The van der Waals surface area contributed by atoms with Crippen LogP contribution in [0.5, 0.6) is 6.01 Å². The van der Waals surface area contributed by atoms with Crippen molar-refractivity contribution in [2.24, 2.45) is 0 Å². The van der Waals surface area contributed by atoms with Gasteiger partial charge in [-0.05, 0) is 6.07 Å². The van der Waals surface area contributed by atoms with Crippen LogP contribution in [0.1, 0.15) is 0 Å². The molecule has 1 aromatic heterocycles. The molecule has 0 bridgehead atoms. The van der Waals surface area contributed by atoms with Gasteiger partial charge in [-0.1, -0.05) is 0 Å². The lowest BCUT2D eigenvalue weighted by atomic mass is 10.4. The van der Waals surface area contributed by atoms with Crippen molar-refractivity contribution in [3.8, 4) is 6.01 Å². The van der Waals surface area contributed by atoms with Crippen molar-refractivity contribution < 1.29 is 42.9 Å². The van der Waals surface area contributed by atoms with Gasteiger partial charge in [0.1, 0.15) is 24.6 Å². The second kappa shape index (κ2) is 8.67. The lowest BCUT2D eigenvalue weighted by Crippen LogP contribution is -2.30. The standard InChI is InChI=1S/C9H17N3O9P2/c10-8-1-2-11-9(12-8)21-7(3-19-5-22(13,14)15)4-20-6-23(16,17)18/h1-2,7H,3-6H2,(H2,10,11,12)(H2,13,14,15)(H2,16,17,18). The highest BCUT2D eigenvalue weighted by Gasteiger charge is 2.20. The number of rotatable bonds is 10. The van der Waals surface area contributed by atoms with Gasteiger partial charge in [0.05, 0.1) is 13.2 Å². The third-order valence-electron chi connectivity index (χ3n) is 2.05. The van der Waals surface area contributed by atoms with Crippen LogP contribution in [-0.2, 0) is 18.6 Å². The number of aromatic nitrogens is 2. The Morgan fingerprint density at radius 3 is 2.04 bits per heavy atom. The third kappa shape index (κ3) is 10.3. The zero-order valence-corrected chi connectivity index (χ0v) is 13.5. The van der Waals surface area contributed by atoms with E-state index < -0.39 is 34.0 Å². The summed E-state index contributed by atoms with van der Waals surface area (Å²) in [7, 11) is -8.72. The molecule has 0 fully saturated rings. The van der Waals surface area contributed by atoms with E-state index in [9.17, 15) is 9.13 Å². The molecule has 1 rings (SSSR count). The minimum Gasteiger partial charge on any atom is -0.455 e. The molecular weight excluding hydrogens is 356 g/mol. The first-order valence-electron chi connectivity index (χ1n) is 6.05. The summed E-state index contributed by atoms with van der Waals surface area (Å²) in [4.78, 5) is 42.4. The van der Waals surface area contributed by atoms with Crippen LogP contribution in [0.4, 0.5) is 5.82 Å². The largest absolute Gasteiger partial charge is 0.455 e. The van der Waals surface area contributed by atoms with Crippen LogP contribution < -0.4 is 10.5 Å². The number of nitrogens with zero attached hydrogens (tertiary/aromatic N) is 2. The first kappa shape index (κ1) is 19.9. The molecular formula is C9H17N3O9P2. The summed E-state index contributed by atoms with van der Waals surface area (Å²) in [5.41, 5.74) is 5.45. The van der Waals surface area contributed by atoms with Gasteiger partial charge in [0.15, 0.2) is 0 Å². The van der Waals surface area contributed by atoms with E-state index in [0.29, 0.717) is 0 Å². The van der Waals surface area contributed by atoms with Crippen LogP contribution in [0.3, 0.4) is 0 Å². The zero-order valence-electron chi connectivity index (χ0n) is 11.8. The molecule has 0 unspecified atom stereocenters. The van der Waals surface area contributed by atoms with Gasteiger partial charge < -0.3 is 39.5 Å². The van der Waals surface area contributed by atoms with E-state index in [4.69, 9.17) is 39.5 Å². The summed E-state index contributed by atoms with van der Waals surface area (Å²) in [6, 6.07) is 1.27. The molecule has 14 heteroatoms. The molecule has 0 saturated carbocycles. The number of hydrogen-bond donors (Lipinski definition) is 5. The van der Waals surface area contributed by atoms with Gasteiger partial charge in [0.2, 0.25) is 0 Å². The Kier molecular flexibility index (Phi) is 7.52. The second-order valence-corrected chi connectivity index (χ2v) is 7.51. The number of nitrogens with two attached hydrogens (primary N) is 1. The SMILES string of the molecule is Nc1ccnc(OC(COCP(=O)(O)O)COCP(=O)(O)O)n1. The molecule has 0 radical (unpaired) electrons. The van der Waals surface area contributed by atoms with Gasteiger partial charge in [-0.25, -0.2) is 4.98 Å². The molecule has 132 valence electrons. The van der Waals surface area contributed by atoms with Gasteiger partial charge in [0.25, 0.3) is 0 Å². The van der Waals surface area contributed by atoms with E-state index >= 15 is 0 Å². The van der Waals surface area contributed by atoms with E-state index in [-0.39, 0.29) is 25.0 Å². The number of ether oxygens (including phenoxy) is 3. The van der Waals surface area contributed by atoms with Crippen molar-refractivity contribution in [1.82, 2.24) is 9.97 Å². The Labute approximate surface area is 130 Å². The average molecular weight is 373 g/mol. The van der Waals surface area contributed by atoms with Crippen molar-refractivity contribution in [2.75, 3.05) is 31.6 Å². The molecule has 1 heterocycles. The summed E-state index contributed by atoms with van der Waals surface area (Å²) < 4.78 is 36.3. The number of nitrogen functional groups attached to an aromatic ring is 1. The van der Waals surface area contributed by atoms with Crippen LogP contribution in [0.25, 0.3) is 0 Å². The highest BCUT2D eigenvalue weighted by Crippen LogP contribution is 2.34. The molecule has 0 aliphatic carbocycles. The predicted molar refractivity (Wildman–Crippen MR) is 76.6 cm³/mol. The van der Waals surface area contributed by atoms with E-state index in [1.165, 1.54) is 12.3 Å². The van der Waals surface area contributed by atoms with Crippen molar-refractivity contribution >= 4 is 21.0 Å². The Bertz CT molecular complexity index is 561. The molecule has 0 aliphatic heterocycles. The van der Waals surface area contributed by atoms with Gasteiger partial charge >= 0.3 is 21.2 Å². The maximum absolute atomic E-state index is 10.7. The normalized spacial score (nSPS) is 12.6. The first-order chi connectivity index (χ1) is 10.6. The number of anilines is 1. The van der Waals surface area contributed by atoms with E-state index in [0.717, 1.165) is 0 Å². The van der Waals surface area contributed by atoms with Crippen molar-refractivity contribution in [3.63, 3.8) is 0 Å². The minimum atomic E-state index is -4.36. The lowest BCUT2D eigenvalue weighted by Gasteiger charge is -2.18. The summed E-state index contributed by atoms with van der Waals surface area (Å²) in [5.74, 6) is 0.126. The molecule has 12 nitrogen and oxygen atoms in total. The molecule has 6 N–H and O–H groups in total. The minimum absolute atomic E-state index is 0.126. The zero-order chi connectivity index (χ0) is 17.5. The highest BCUT2D eigenvalue weighted by atomic mass is 31.2. The Morgan fingerprint density at radius 1 is 1.09 bits per heavy atom. The first-order valence-corrected chi connectivity index (χ1v) is 9.64. The monoisotopic (exact) mass is 373 g/mol. The molecule has 0 atom stereocenters. The summed E-state index contributed by atoms with van der Waals surface area (Å²) in [6.07, 6.45) is -1.33. The van der Waals surface area contributed by atoms with Gasteiger partial charge in [0, 0.05) is 6.20 Å². The lowest BCUT2D eigenvalue weighted by molar-refractivity contribution is 0.00478. The fraction of sp³-hybridized carbons (Fsp3) is 0.556. The average Bonchev–Trinajstić information content (AvgIpc) is 2.35. The predicted octanol–water partition coefficient (Wildman–Crippen LogP) is -0.890. The second-order valence-electron chi connectivity index (χ2n) is 4.33. The molecule has 0 aliphatic rings. The molecule has 0 spiro atoms.